The number of carbonyl (C=O) groups excluding carboxylic acids is 1. The van der Waals surface area contributed by atoms with Gasteiger partial charge in [-0.05, 0) is 42.9 Å². The van der Waals surface area contributed by atoms with Gasteiger partial charge in [0.05, 0.1) is 0 Å². The third-order valence-corrected chi connectivity index (χ3v) is 4.92. The van der Waals surface area contributed by atoms with Gasteiger partial charge in [-0.25, -0.2) is 4.79 Å². The number of carboxylic acids is 1. The number of hydrogen-bond acceptors (Lipinski definition) is 4. The third kappa shape index (κ3) is 3.83. The molecule has 0 aromatic heterocycles. The Labute approximate surface area is 132 Å². The van der Waals surface area contributed by atoms with E-state index in [-0.39, 0.29) is 6.61 Å². The number of benzene rings is 1. The first kappa shape index (κ1) is 16.0. The van der Waals surface area contributed by atoms with Crippen LogP contribution in [-0.2, 0) is 9.59 Å². The lowest BCUT2D eigenvalue weighted by Gasteiger charge is -2.24. The van der Waals surface area contributed by atoms with Gasteiger partial charge in [-0.1, -0.05) is 11.6 Å². The van der Waals surface area contributed by atoms with Crippen molar-refractivity contribution in [3.63, 3.8) is 0 Å². The van der Waals surface area contributed by atoms with Crippen LogP contribution in [0.2, 0.25) is 5.02 Å². The zero-order chi connectivity index (χ0) is 15.5. The van der Waals surface area contributed by atoms with E-state index in [9.17, 15) is 14.7 Å². The van der Waals surface area contributed by atoms with E-state index in [1.807, 2.05) is 6.92 Å². The predicted octanol–water partition coefficient (Wildman–Crippen LogP) is 2.10. The molecule has 1 heterocycles. The molecule has 5 nitrogen and oxygen atoms in total. The van der Waals surface area contributed by atoms with E-state index in [0.29, 0.717) is 22.9 Å². The maximum Gasteiger partial charge on any atom is 0.330 e. The molecule has 0 spiro atoms. The third-order valence-electron chi connectivity index (χ3n) is 3.31. The SMILES string of the molecule is Cc1cc(OCC(=O)NC2(C(=O)O)CCSC2)ccc1Cl. The van der Waals surface area contributed by atoms with Crippen LogP contribution in [0.1, 0.15) is 12.0 Å². The first-order valence-corrected chi connectivity index (χ1v) is 7.97. The number of halogens is 1. The lowest BCUT2D eigenvalue weighted by Crippen LogP contribution is -2.55. The van der Waals surface area contributed by atoms with Gasteiger partial charge in [-0.2, -0.15) is 11.8 Å². The molecular formula is C14H16ClNO4S. The summed E-state index contributed by atoms with van der Waals surface area (Å²) in [6.45, 7) is 1.62. The summed E-state index contributed by atoms with van der Waals surface area (Å²) >= 11 is 7.43. The monoisotopic (exact) mass is 329 g/mol. The number of carboxylic acid groups (broad SMARTS) is 1. The van der Waals surface area contributed by atoms with Crippen molar-refractivity contribution in [3.05, 3.63) is 28.8 Å². The highest BCUT2D eigenvalue weighted by molar-refractivity contribution is 7.99. The fourth-order valence-corrected chi connectivity index (χ4v) is 3.49. The second kappa shape index (κ2) is 6.58. The minimum absolute atomic E-state index is 0.221. The number of aryl methyl sites for hydroxylation is 1. The molecule has 7 heteroatoms. The van der Waals surface area contributed by atoms with Gasteiger partial charge in [0.1, 0.15) is 11.3 Å². The highest BCUT2D eigenvalue weighted by Gasteiger charge is 2.43. The Bertz CT molecular complexity index is 558. The second-order valence-electron chi connectivity index (χ2n) is 4.94. The maximum absolute atomic E-state index is 11.9. The van der Waals surface area contributed by atoms with E-state index in [1.54, 1.807) is 18.2 Å². The van der Waals surface area contributed by atoms with Gasteiger partial charge in [0.2, 0.25) is 0 Å². The van der Waals surface area contributed by atoms with Gasteiger partial charge >= 0.3 is 5.97 Å². The molecule has 2 rings (SSSR count). The molecule has 1 unspecified atom stereocenters. The minimum Gasteiger partial charge on any atom is -0.484 e. The summed E-state index contributed by atoms with van der Waals surface area (Å²) in [7, 11) is 0. The number of ether oxygens (including phenoxy) is 1. The van der Waals surface area contributed by atoms with Crippen molar-refractivity contribution < 1.29 is 19.4 Å². The molecule has 1 aromatic carbocycles. The molecule has 0 radical (unpaired) electrons. The van der Waals surface area contributed by atoms with Crippen LogP contribution < -0.4 is 10.1 Å². The molecule has 2 N–H and O–H groups in total. The molecule has 114 valence electrons. The molecule has 1 aliphatic rings. The number of aliphatic carboxylic acids is 1. The summed E-state index contributed by atoms with van der Waals surface area (Å²) in [5.74, 6) is 0.200. The first-order chi connectivity index (χ1) is 9.93. The van der Waals surface area contributed by atoms with Crippen molar-refractivity contribution in [3.8, 4) is 5.75 Å². The molecule has 0 aliphatic carbocycles. The lowest BCUT2D eigenvalue weighted by atomic mass is 9.99. The van der Waals surface area contributed by atoms with Crippen LogP contribution in [0.15, 0.2) is 18.2 Å². The molecule has 0 saturated carbocycles. The average Bonchev–Trinajstić information content (AvgIpc) is 2.90. The van der Waals surface area contributed by atoms with Crippen molar-refractivity contribution >= 4 is 35.2 Å². The van der Waals surface area contributed by atoms with Gasteiger partial charge < -0.3 is 15.2 Å². The lowest BCUT2D eigenvalue weighted by molar-refractivity contribution is -0.146. The van der Waals surface area contributed by atoms with E-state index in [4.69, 9.17) is 16.3 Å². The van der Waals surface area contributed by atoms with Gasteiger partial charge in [0.25, 0.3) is 5.91 Å². The van der Waals surface area contributed by atoms with Gasteiger partial charge in [0, 0.05) is 10.8 Å². The van der Waals surface area contributed by atoms with E-state index >= 15 is 0 Å². The van der Waals surface area contributed by atoms with Gasteiger partial charge in [0.15, 0.2) is 6.61 Å². The van der Waals surface area contributed by atoms with Crippen LogP contribution in [0.5, 0.6) is 5.75 Å². The summed E-state index contributed by atoms with van der Waals surface area (Å²) in [6.07, 6.45) is 0.429. The molecule has 1 saturated heterocycles. The Morgan fingerprint density at radius 2 is 2.29 bits per heavy atom. The highest BCUT2D eigenvalue weighted by Crippen LogP contribution is 2.28. The van der Waals surface area contributed by atoms with E-state index in [0.717, 1.165) is 11.3 Å². The molecular weight excluding hydrogens is 314 g/mol. The zero-order valence-corrected chi connectivity index (χ0v) is 13.1. The maximum atomic E-state index is 11.9. The van der Waals surface area contributed by atoms with Crippen LogP contribution in [0.4, 0.5) is 0 Å². The largest absolute Gasteiger partial charge is 0.484 e. The standard InChI is InChI=1S/C14H16ClNO4S/c1-9-6-10(2-3-11(9)15)20-7-12(17)16-14(13(18)19)4-5-21-8-14/h2-3,6H,4-5,7-8H2,1H3,(H,16,17)(H,18,19). The molecule has 21 heavy (non-hydrogen) atoms. The normalized spacial score (nSPS) is 21.0. The summed E-state index contributed by atoms with van der Waals surface area (Å²) in [5, 5.41) is 12.5. The van der Waals surface area contributed by atoms with Gasteiger partial charge in [-0.15, -0.1) is 0 Å². The van der Waals surface area contributed by atoms with Crippen molar-refractivity contribution in [1.29, 1.82) is 0 Å². The Hall–Kier alpha value is -1.40. The number of nitrogens with one attached hydrogen (secondary N) is 1. The van der Waals surface area contributed by atoms with Crippen molar-refractivity contribution in [1.82, 2.24) is 5.32 Å². The molecule has 1 amide bonds. The summed E-state index contributed by atoms with van der Waals surface area (Å²) in [4.78, 5) is 23.2. The molecule has 1 atom stereocenters. The number of thioether (sulfide) groups is 1. The fourth-order valence-electron chi connectivity index (χ4n) is 2.04. The van der Waals surface area contributed by atoms with Crippen LogP contribution >= 0.6 is 23.4 Å². The molecule has 1 aliphatic heterocycles. The Kier molecular flexibility index (Phi) is 5.00. The number of hydrogen-bond donors (Lipinski definition) is 2. The topological polar surface area (TPSA) is 75.6 Å². The quantitative estimate of drug-likeness (QED) is 0.865. The van der Waals surface area contributed by atoms with Crippen LogP contribution in [0, 0.1) is 6.92 Å². The van der Waals surface area contributed by atoms with E-state index in [2.05, 4.69) is 5.32 Å². The zero-order valence-electron chi connectivity index (χ0n) is 11.5. The summed E-state index contributed by atoms with van der Waals surface area (Å²) in [5.41, 5.74) is -0.315. The average molecular weight is 330 g/mol. The van der Waals surface area contributed by atoms with Crippen molar-refractivity contribution in [2.45, 2.75) is 18.9 Å². The second-order valence-corrected chi connectivity index (χ2v) is 6.45. The van der Waals surface area contributed by atoms with Crippen molar-refractivity contribution in [2.75, 3.05) is 18.1 Å². The van der Waals surface area contributed by atoms with E-state index in [1.165, 1.54) is 11.8 Å². The predicted molar refractivity (Wildman–Crippen MR) is 82.1 cm³/mol. The molecule has 1 fully saturated rings. The number of carbonyl (C=O) groups is 2. The van der Waals surface area contributed by atoms with E-state index < -0.39 is 17.4 Å². The van der Waals surface area contributed by atoms with Crippen LogP contribution in [0.3, 0.4) is 0 Å². The highest BCUT2D eigenvalue weighted by atomic mass is 35.5. The van der Waals surface area contributed by atoms with Crippen LogP contribution in [0.25, 0.3) is 0 Å². The molecule has 1 aromatic rings. The Balaban J connectivity index is 1.92. The Morgan fingerprint density at radius 1 is 1.52 bits per heavy atom. The Morgan fingerprint density at radius 3 is 2.86 bits per heavy atom. The number of rotatable bonds is 5. The first-order valence-electron chi connectivity index (χ1n) is 6.44. The fraction of sp³-hybridized carbons (Fsp3) is 0.429. The number of amides is 1. The summed E-state index contributed by atoms with van der Waals surface area (Å²) < 4.78 is 5.37. The molecule has 0 bridgehead atoms. The smallest absolute Gasteiger partial charge is 0.330 e. The van der Waals surface area contributed by atoms with Crippen molar-refractivity contribution in [2.24, 2.45) is 0 Å². The minimum atomic E-state index is -1.17. The van der Waals surface area contributed by atoms with Gasteiger partial charge in [-0.3, -0.25) is 4.79 Å². The van der Waals surface area contributed by atoms with Crippen LogP contribution in [-0.4, -0.2) is 40.6 Å². The summed E-state index contributed by atoms with van der Waals surface area (Å²) in [6, 6.07) is 5.09.